The number of aromatic nitrogens is 4. The van der Waals surface area contributed by atoms with Crippen molar-refractivity contribution in [3.05, 3.63) is 48.3 Å². The van der Waals surface area contributed by atoms with E-state index >= 15 is 0 Å². The predicted octanol–water partition coefficient (Wildman–Crippen LogP) is 2.14. The molecule has 0 aliphatic carbocycles. The summed E-state index contributed by atoms with van der Waals surface area (Å²) in [6.45, 7) is 0.989. The molecule has 16 heteroatoms. The topological polar surface area (TPSA) is 171 Å². The number of ether oxygens (including phenoxy) is 2. The molecule has 1 saturated heterocycles. The van der Waals surface area contributed by atoms with Gasteiger partial charge in [0.15, 0.2) is 28.9 Å². The molecule has 210 valence electrons. The van der Waals surface area contributed by atoms with E-state index in [1.54, 1.807) is 6.07 Å². The Kier molecular flexibility index (Phi) is 6.59. The van der Waals surface area contributed by atoms with Gasteiger partial charge in [-0.1, -0.05) is 5.16 Å². The molecule has 5 rings (SSSR count). The Labute approximate surface area is 223 Å². The number of pyridine rings is 1. The van der Waals surface area contributed by atoms with E-state index in [-0.39, 0.29) is 42.0 Å². The number of amides is 2. The van der Waals surface area contributed by atoms with Crippen molar-refractivity contribution in [2.45, 2.75) is 24.8 Å². The van der Waals surface area contributed by atoms with Crippen molar-refractivity contribution < 1.29 is 41.9 Å². The standard InChI is InChI=1S/C24H22F3N7O6/c1-23(37,22(36)30-12-3-4-13-16(9-12)40-32-20(13)28)19-21(35)33(7-8-39-19)17-5-6-34(31-17)15-10-18(38-2)29-11-14(15)24(25,26)27/h3-6,9-11,19,37H,7-8H2,1-2H3,(H2,28,32)(H,30,36)/t19-,23+/m0/s1. The Hall–Kier alpha value is -4.70. The quantitative estimate of drug-likeness (QED) is 0.317. The average molecular weight is 561 g/mol. The van der Waals surface area contributed by atoms with Crippen LogP contribution in [0.3, 0.4) is 0 Å². The number of hydrogen-bond donors (Lipinski definition) is 3. The molecule has 4 aromatic rings. The minimum absolute atomic E-state index is 0.0215. The fraction of sp³-hybridized carbons (Fsp3) is 0.292. The molecule has 0 bridgehead atoms. The summed E-state index contributed by atoms with van der Waals surface area (Å²) in [6, 6.07) is 6.89. The Morgan fingerprint density at radius 2 is 2.05 bits per heavy atom. The molecule has 3 aromatic heterocycles. The largest absolute Gasteiger partial charge is 0.481 e. The number of nitrogen functional groups attached to an aromatic ring is 1. The van der Waals surface area contributed by atoms with Crippen LogP contribution in [-0.4, -0.2) is 68.8 Å². The molecule has 1 aromatic carbocycles. The van der Waals surface area contributed by atoms with Gasteiger partial charge in [-0.15, -0.1) is 5.10 Å². The number of morpholine rings is 1. The van der Waals surface area contributed by atoms with Gasteiger partial charge in [-0.3, -0.25) is 14.5 Å². The summed E-state index contributed by atoms with van der Waals surface area (Å²) in [7, 11) is 1.25. The maximum absolute atomic E-state index is 13.6. The summed E-state index contributed by atoms with van der Waals surface area (Å²) in [5.74, 6) is -1.70. The lowest BCUT2D eigenvalue weighted by Crippen LogP contribution is -2.61. The molecular formula is C24H22F3N7O6. The normalized spacial score (nSPS) is 17.6. The molecule has 4 N–H and O–H groups in total. The van der Waals surface area contributed by atoms with Crippen molar-refractivity contribution in [2.24, 2.45) is 0 Å². The first-order valence-electron chi connectivity index (χ1n) is 11.7. The van der Waals surface area contributed by atoms with Crippen molar-refractivity contribution in [3.63, 3.8) is 0 Å². The van der Waals surface area contributed by atoms with Crippen LogP contribution in [0.1, 0.15) is 12.5 Å². The molecule has 4 heterocycles. The van der Waals surface area contributed by atoms with Crippen molar-refractivity contribution >= 4 is 40.1 Å². The molecule has 0 saturated carbocycles. The Morgan fingerprint density at radius 1 is 1.27 bits per heavy atom. The maximum atomic E-state index is 13.6. The highest BCUT2D eigenvalue weighted by Crippen LogP contribution is 2.35. The lowest BCUT2D eigenvalue weighted by atomic mass is 9.95. The summed E-state index contributed by atoms with van der Waals surface area (Å²) in [5.41, 5.74) is 2.42. The molecule has 0 radical (unpaired) electrons. The van der Waals surface area contributed by atoms with E-state index in [2.05, 4.69) is 20.6 Å². The van der Waals surface area contributed by atoms with Gasteiger partial charge in [0.05, 0.1) is 36.9 Å². The second-order valence-corrected chi connectivity index (χ2v) is 8.98. The Morgan fingerprint density at radius 3 is 2.77 bits per heavy atom. The van der Waals surface area contributed by atoms with E-state index in [4.69, 9.17) is 19.7 Å². The first kappa shape index (κ1) is 26.9. The molecule has 0 spiro atoms. The summed E-state index contributed by atoms with van der Waals surface area (Å²) in [5, 5.41) is 21.9. The Bertz CT molecular complexity index is 1600. The van der Waals surface area contributed by atoms with Gasteiger partial charge in [-0.05, 0) is 19.1 Å². The van der Waals surface area contributed by atoms with Crippen LogP contribution in [-0.2, 0) is 20.5 Å². The van der Waals surface area contributed by atoms with Crippen LogP contribution in [0, 0.1) is 0 Å². The van der Waals surface area contributed by atoms with Gasteiger partial charge in [0.2, 0.25) is 5.88 Å². The number of hydrogen-bond acceptors (Lipinski definition) is 10. The van der Waals surface area contributed by atoms with Gasteiger partial charge in [-0.2, -0.15) is 13.2 Å². The van der Waals surface area contributed by atoms with E-state index in [0.717, 1.165) is 22.6 Å². The number of alkyl halides is 3. The first-order valence-corrected chi connectivity index (χ1v) is 11.7. The molecule has 1 aliphatic rings. The van der Waals surface area contributed by atoms with Gasteiger partial charge in [0, 0.05) is 36.3 Å². The molecule has 1 fully saturated rings. The number of carbonyl (C=O) groups is 2. The van der Waals surface area contributed by atoms with Crippen LogP contribution in [0.25, 0.3) is 16.7 Å². The van der Waals surface area contributed by atoms with Crippen molar-refractivity contribution in [1.82, 2.24) is 19.9 Å². The molecule has 2 amide bonds. The monoisotopic (exact) mass is 561 g/mol. The lowest BCUT2D eigenvalue weighted by molar-refractivity contribution is -0.165. The van der Waals surface area contributed by atoms with Crippen molar-refractivity contribution in [3.8, 4) is 11.6 Å². The first-order chi connectivity index (χ1) is 18.9. The smallest absolute Gasteiger partial charge is 0.419 e. The van der Waals surface area contributed by atoms with Gasteiger partial charge in [0.1, 0.15) is 0 Å². The fourth-order valence-electron chi connectivity index (χ4n) is 4.16. The third-order valence-corrected chi connectivity index (χ3v) is 6.29. The zero-order valence-corrected chi connectivity index (χ0v) is 21.0. The summed E-state index contributed by atoms with van der Waals surface area (Å²) in [6.07, 6.45) is -4.54. The van der Waals surface area contributed by atoms with Crippen molar-refractivity contribution in [2.75, 3.05) is 36.2 Å². The molecule has 13 nitrogen and oxygen atoms in total. The number of fused-ring (bicyclic) bond motifs is 1. The highest BCUT2D eigenvalue weighted by atomic mass is 19.4. The number of halogens is 3. The number of aliphatic hydroxyl groups is 1. The summed E-state index contributed by atoms with van der Waals surface area (Å²) >= 11 is 0. The highest BCUT2D eigenvalue weighted by Gasteiger charge is 2.49. The van der Waals surface area contributed by atoms with Crippen LogP contribution in [0.2, 0.25) is 0 Å². The van der Waals surface area contributed by atoms with Crippen molar-refractivity contribution in [1.29, 1.82) is 0 Å². The van der Waals surface area contributed by atoms with Crippen LogP contribution in [0.15, 0.2) is 47.2 Å². The predicted molar refractivity (Wildman–Crippen MR) is 133 cm³/mol. The highest BCUT2D eigenvalue weighted by molar-refractivity contribution is 6.06. The number of nitrogens with zero attached hydrogens (tertiary/aromatic N) is 5. The van der Waals surface area contributed by atoms with E-state index < -0.39 is 35.3 Å². The van der Waals surface area contributed by atoms with Gasteiger partial charge in [0.25, 0.3) is 11.8 Å². The average Bonchev–Trinajstić information content (AvgIpc) is 3.55. The van der Waals surface area contributed by atoms with Gasteiger partial charge in [-0.25, -0.2) is 9.67 Å². The molecule has 0 unspecified atom stereocenters. The van der Waals surface area contributed by atoms with Crippen LogP contribution in [0.5, 0.6) is 5.88 Å². The zero-order chi connectivity index (χ0) is 28.8. The summed E-state index contributed by atoms with van der Waals surface area (Å²) in [4.78, 5) is 31.1. The summed E-state index contributed by atoms with van der Waals surface area (Å²) < 4.78 is 57.2. The molecule has 40 heavy (non-hydrogen) atoms. The van der Waals surface area contributed by atoms with E-state index in [0.29, 0.717) is 17.2 Å². The van der Waals surface area contributed by atoms with E-state index in [1.165, 1.54) is 31.5 Å². The third-order valence-electron chi connectivity index (χ3n) is 6.29. The second kappa shape index (κ2) is 9.80. The number of carbonyl (C=O) groups excluding carboxylic acids is 2. The number of nitrogens with two attached hydrogens (primary N) is 1. The number of benzene rings is 1. The van der Waals surface area contributed by atoms with Gasteiger partial charge < -0.3 is 30.2 Å². The maximum Gasteiger partial charge on any atom is 0.419 e. The minimum Gasteiger partial charge on any atom is -0.481 e. The van der Waals surface area contributed by atoms with Crippen LogP contribution in [0.4, 0.5) is 30.5 Å². The van der Waals surface area contributed by atoms with E-state index in [9.17, 15) is 27.9 Å². The lowest BCUT2D eigenvalue weighted by Gasteiger charge is -2.37. The number of nitrogens with one attached hydrogen (secondary N) is 1. The number of methoxy groups -OCH3 is 1. The fourth-order valence-corrected chi connectivity index (χ4v) is 4.16. The third kappa shape index (κ3) is 4.77. The number of anilines is 3. The van der Waals surface area contributed by atoms with E-state index in [1.807, 2.05) is 0 Å². The zero-order valence-electron chi connectivity index (χ0n) is 21.0. The SMILES string of the molecule is COc1cc(-n2ccc(N3CCO[C@H]([C@@](C)(O)C(=O)Nc4ccc5c(N)noc5c4)C3=O)n2)c(C(F)(F)F)cn1. The van der Waals surface area contributed by atoms with Crippen LogP contribution < -0.4 is 20.7 Å². The second-order valence-electron chi connectivity index (χ2n) is 8.98. The molecular weight excluding hydrogens is 539 g/mol. The van der Waals surface area contributed by atoms with Gasteiger partial charge >= 0.3 is 6.18 Å². The minimum atomic E-state index is -4.74. The molecule has 1 aliphatic heterocycles. The van der Waals surface area contributed by atoms with Crippen LogP contribution >= 0.6 is 0 Å². The number of rotatable bonds is 6. The molecule has 2 atom stereocenters. The Balaban J connectivity index is 1.38.